The molecule has 3 saturated carbocycles. The number of hydrogen-bond donors (Lipinski definition) is 3. The van der Waals surface area contributed by atoms with Crippen LogP contribution in [0.1, 0.15) is 71.8 Å². The van der Waals surface area contributed by atoms with Gasteiger partial charge >= 0.3 is 5.95 Å². The molecule has 3 heterocycles. The lowest BCUT2D eigenvalue weighted by atomic mass is 9.91. The maximum atomic E-state index is 13.3. The van der Waals surface area contributed by atoms with Crippen molar-refractivity contribution in [2.45, 2.75) is 69.4 Å². The SMILES string of the molecule is O=C(NCC1CC1)c1c(NC(=O)C2CC2)sc2c1C[C@@H]([n+]1cnn3c1NCC31CC1)CC2. The molecule has 3 fully saturated rings. The highest BCUT2D eigenvalue weighted by Crippen LogP contribution is 2.48. The third-order valence-corrected chi connectivity index (χ3v) is 9.08. The van der Waals surface area contributed by atoms with Crippen LogP contribution in [-0.4, -0.2) is 34.7 Å². The summed E-state index contributed by atoms with van der Waals surface area (Å²) in [5.41, 5.74) is 2.04. The third-order valence-electron chi connectivity index (χ3n) is 7.88. The first-order valence-electron chi connectivity index (χ1n) is 12.1. The minimum absolute atomic E-state index is 0.0264. The molecule has 4 aliphatic carbocycles. The first-order valence-corrected chi connectivity index (χ1v) is 12.9. The average Bonchev–Trinajstić information content (AvgIpc) is 3.69. The smallest absolute Gasteiger partial charge is 0.345 e. The summed E-state index contributed by atoms with van der Waals surface area (Å²) in [5.74, 6) is 1.89. The Bertz CT molecular complexity index is 1120. The number of anilines is 2. The molecule has 8 nitrogen and oxygen atoms in total. The van der Waals surface area contributed by atoms with Crippen molar-refractivity contribution in [3.63, 3.8) is 0 Å². The number of carbonyl (C=O) groups is 2. The van der Waals surface area contributed by atoms with Crippen LogP contribution in [0, 0.1) is 11.8 Å². The fraction of sp³-hybridized carbons (Fsp3) is 0.652. The predicted octanol–water partition coefficient (Wildman–Crippen LogP) is 2.36. The molecule has 9 heteroatoms. The lowest BCUT2D eigenvalue weighted by Gasteiger charge is -2.22. The van der Waals surface area contributed by atoms with Gasteiger partial charge in [0.05, 0.1) is 18.2 Å². The zero-order valence-electron chi connectivity index (χ0n) is 18.2. The van der Waals surface area contributed by atoms with Crippen molar-refractivity contribution in [2.24, 2.45) is 11.8 Å². The number of aryl methyl sites for hydroxylation is 1. The van der Waals surface area contributed by atoms with Crippen LogP contribution in [0.3, 0.4) is 0 Å². The largest absolute Gasteiger partial charge is 0.352 e. The average molecular weight is 454 g/mol. The Morgan fingerprint density at radius 2 is 2.09 bits per heavy atom. The summed E-state index contributed by atoms with van der Waals surface area (Å²) in [6, 6.07) is 0.268. The van der Waals surface area contributed by atoms with Crippen molar-refractivity contribution in [1.29, 1.82) is 0 Å². The number of rotatable bonds is 6. The van der Waals surface area contributed by atoms with Gasteiger partial charge in [-0.3, -0.25) is 14.9 Å². The van der Waals surface area contributed by atoms with Crippen LogP contribution in [0.4, 0.5) is 10.9 Å². The molecule has 0 radical (unpaired) electrons. The molecule has 1 aliphatic heterocycles. The van der Waals surface area contributed by atoms with Crippen molar-refractivity contribution in [1.82, 2.24) is 15.1 Å². The lowest BCUT2D eigenvalue weighted by Crippen LogP contribution is -2.43. The molecule has 0 unspecified atom stereocenters. The van der Waals surface area contributed by atoms with E-state index in [2.05, 4.69) is 25.2 Å². The summed E-state index contributed by atoms with van der Waals surface area (Å²) in [7, 11) is 0. The molecule has 0 aromatic carbocycles. The van der Waals surface area contributed by atoms with Gasteiger partial charge in [-0.15, -0.1) is 16.0 Å². The Balaban J connectivity index is 1.20. The van der Waals surface area contributed by atoms with E-state index in [1.165, 1.54) is 30.6 Å². The van der Waals surface area contributed by atoms with Gasteiger partial charge in [0.25, 0.3) is 5.91 Å². The predicted molar refractivity (Wildman–Crippen MR) is 120 cm³/mol. The number of hydrogen-bond acceptors (Lipinski definition) is 5. The van der Waals surface area contributed by atoms with Crippen molar-refractivity contribution in [3.8, 4) is 0 Å². The van der Waals surface area contributed by atoms with E-state index in [1.807, 2.05) is 6.33 Å². The normalized spacial score (nSPS) is 24.6. The number of carbonyl (C=O) groups excluding carboxylic acids is 2. The summed E-state index contributed by atoms with van der Waals surface area (Å²) in [6.07, 6.45) is 11.4. The van der Waals surface area contributed by atoms with Gasteiger partial charge in [-0.2, -0.15) is 0 Å². The van der Waals surface area contributed by atoms with Crippen LogP contribution in [0.15, 0.2) is 6.33 Å². The van der Waals surface area contributed by atoms with E-state index in [0.29, 0.717) is 11.5 Å². The van der Waals surface area contributed by atoms with Gasteiger partial charge in [-0.05, 0) is 67.9 Å². The zero-order valence-corrected chi connectivity index (χ0v) is 19.0. The van der Waals surface area contributed by atoms with Crippen LogP contribution in [0.2, 0.25) is 0 Å². The monoisotopic (exact) mass is 453 g/mol. The zero-order chi connectivity index (χ0) is 21.4. The van der Waals surface area contributed by atoms with E-state index in [4.69, 9.17) is 5.10 Å². The van der Waals surface area contributed by atoms with Gasteiger partial charge in [0.2, 0.25) is 12.2 Å². The van der Waals surface area contributed by atoms with E-state index in [-0.39, 0.29) is 29.3 Å². The fourth-order valence-electron chi connectivity index (χ4n) is 5.30. The molecular formula is C23H29N6O2S+. The molecular weight excluding hydrogens is 424 g/mol. The summed E-state index contributed by atoms with van der Waals surface area (Å²) < 4.78 is 4.46. The molecule has 168 valence electrons. The molecule has 0 bridgehead atoms. The van der Waals surface area contributed by atoms with E-state index in [1.54, 1.807) is 11.3 Å². The number of nitrogens with zero attached hydrogens (tertiary/aromatic N) is 3. The number of amides is 2. The topological polar surface area (TPSA) is 91.9 Å². The number of fused-ring (bicyclic) bond motifs is 3. The van der Waals surface area contributed by atoms with Crippen LogP contribution in [-0.2, 0) is 23.2 Å². The summed E-state index contributed by atoms with van der Waals surface area (Å²) in [4.78, 5) is 27.1. The fourth-order valence-corrected chi connectivity index (χ4v) is 6.54. The Morgan fingerprint density at radius 3 is 2.84 bits per heavy atom. The van der Waals surface area contributed by atoms with Crippen molar-refractivity contribution >= 4 is 34.1 Å². The van der Waals surface area contributed by atoms with Gasteiger partial charge in [-0.1, -0.05) is 0 Å². The Hall–Kier alpha value is -2.42. The third kappa shape index (κ3) is 3.08. The highest BCUT2D eigenvalue weighted by molar-refractivity contribution is 7.17. The van der Waals surface area contributed by atoms with Gasteiger partial charge in [-0.25, -0.2) is 4.57 Å². The van der Waals surface area contributed by atoms with Gasteiger partial charge in [0.15, 0.2) is 0 Å². The standard InChI is InChI=1S/C23H28N6O2S/c30-19(14-3-4-14)27-21-18(20(31)24-10-13-1-2-13)16-9-15(5-6-17(16)32-21)28-12-26-29-22(28)25-11-23(29)7-8-23/h12-15H,1-11H2,(H2,24,27,30,31)/p+1/t15-/m0/s1. The molecule has 5 aliphatic rings. The van der Waals surface area contributed by atoms with Crippen molar-refractivity contribution in [2.75, 3.05) is 23.7 Å². The summed E-state index contributed by atoms with van der Waals surface area (Å²) >= 11 is 1.61. The lowest BCUT2D eigenvalue weighted by molar-refractivity contribution is -0.711. The van der Waals surface area contributed by atoms with Gasteiger partial charge in [0.1, 0.15) is 10.5 Å². The molecule has 2 amide bonds. The van der Waals surface area contributed by atoms with Gasteiger partial charge < -0.3 is 10.6 Å². The molecule has 32 heavy (non-hydrogen) atoms. The molecule has 2 aromatic rings. The van der Waals surface area contributed by atoms with Crippen LogP contribution in [0.25, 0.3) is 0 Å². The number of aromatic nitrogens is 3. The van der Waals surface area contributed by atoms with Crippen molar-refractivity contribution in [3.05, 3.63) is 22.3 Å². The second kappa shape index (κ2) is 6.79. The van der Waals surface area contributed by atoms with E-state index in [9.17, 15) is 9.59 Å². The van der Waals surface area contributed by atoms with E-state index in [0.717, 1.165) is 61.7 Å². The molecule has 1 atom stereocenters. The molecule has 1 spiro atoms. The minimum Gasteiger partial charge on any atom is -0.352 e. The highest BCUT2D eigenvalue weighted by atomic mass is 32.1. The second-order valence-electron chi connectivity index (χ2n) is 10.4. The Labute approximate surface area is 190 Å². The van der Waals surface area contributed by atoms with Crippen molar-refractivity contribution < 1.29 is 14.2 Å². The summed E-state index contributed by atoms with van der Waals surface area (Å²) in [5, 5.41) is 15.3. The second-order valence-corrected chi connectivity index (χ2v) is 11.5. The first kappa shape index (κ1) is 19.1. The van der Waals surface area contributed by atoms with Crippen LogP contribution < -0.4 is 20.5 Å². The molecule has 0 saturated heterocycles. The first-order chi connectivity index (χ1) is 15.6. The quantitative estimate of drug-likeness (QED) is 0.586. The maximum absolute atomic E-state index is 13.3. The Kier molecular flexibility index (Phi) is 4.05. The molecule has 7 rings (SSSR count). The van der Waals surface area contributed by atoms with Crippen LogP contribution >= 0.6 is 11.3 Å². The Morgan fingerprint density at radius 1 is 1.25 bits per heavy atom. The number of thiophene rings is 1. The highest BCUT2D eigenvalue weighted by Gasteiger charge is 2.57. The maximum Gasteiger partial charge on any atom is 0.345 e. The number of nitrogens with one attached hydrogen (secondary N) is 3. The summed E-state index contributed by atoms with van der Waals surface area (Å²) in [6.45, 7) is 1.71. The van der Waals surface area contributed by atoms with Gasteiger partial charge in [0, 0.05) is 23.8 Å². The van der Waals surface area contributed by atoms with Crippen LogP contribution in [0.5, 0.6) is 0 Å². The van der Waals surface area contributed by atoms with E-state index < -0.39 is 0 Å². The van der Waals surface area contributed by atoms with E-state index >= 15 is 0 Å². The molecule has 2 aromatic heterocycles. The minimum atomic E-state index is -0.0264. The molecule has 3 N–H and O–H groups in total.